The Hall–Kier alpha value is -0.740. The van der Waals surface area contributed by atoms with Gasteiger partial charge in [-0.2, -0.15) is 0 Å². The number of nitrogens with one attached hydrogen (secondary N) is 1. The first kappa shape index (κ1) is 15.6. The zero-order valence-corrected chi connectivity index (χ0v) is 14.3. The molecule has 0 bridgehead atoms. The van der Waals surface area contributed by atoms with Crippen LogP contribution in [0.25, 0.3) is 0 Å². The van der Waals surface area contributed by atoms with Crippen LogP contribution in [0.4, 0.5) is 0 Å². The van der Waals surface area contributed by atoms with Crippen LogP contribution in [-0.4, -0.2) is 26.8 Å². The highest BCUT2D eigenvalue weighted by Gasteiger charge is 2.38. The summed E-state index contributed by atoms with van der Waals surface area (Å²) in [6.07, 6.45) is 3.55. The maximum Gasteiger partial charge on any atom is 0.140 e. The van der Waals surface area contributed by atoms with Crippen molar-refractivity contribution in [3.05, 3.63) is 22.2 Å². The molecule has 0 heterocycles. The minimum atomic E-state index is 0.160. The van der Waals surface area contributed by atoms with Crippen molar-refractivity contribution in [3.63, 3.8) is 0 Å². The summed E-state index contributed by atoms with van der Waals surface area (Å²) in [6.45, 7) is 5.53. The highest BCUT2D eigenvalue weighted by atomic mass is 79.9. The lowest BCUT2D eigenvalue weighted by molar-refractivity contribution is 0.368. The van der Waals surface area contributed by atoms with Crippen LogP contribution in [0.1, 0.15) is 38.7 Å². The minimum absolute atomic E-state index is 0.160. The molecule has 1 aliphatic carbocycles. The monoisotopic (exact) mass is 341 g/mol. The lowest BCUT2D eigenvalue weighted by atomic mass is 9.80. The zero-order valence-electron chi connectivity index (χ0n) is 12.8. The third-order valence-electron chi connectivity index (χ3n) is 4.37. The van der Waals surface area contributed by atoms with Crippen LogP contribution < -0.4 is 14.8 Å². The van der Waals surface area contributed by atoms with Crippen LogP contribution in [0.3, 0.4) is 0 Å². The molecule has 0 radical (unpaired) electrons. The van der Waals surface area contributed by atoms with Crippen molar-refractivity contribution in [3.8, 4) is 11.5 Å². The normalized spacial score (nSPS) is 25.8. The predicted molar refractivity (Wildman–Crippen MR) is 85.9 cm³/mol. The van der Waals surface area contributed by atoms with Gasteiger partial charge in [0.25, 0.3) is 0 Å². The van der Waals surface area contributed by atoms with Crippen LogP contribution in [0.5, 0.6) is 11.5 Å². The van der Waals surface area contributed by atoms with Gasteiger partial charge in [-0.1, -0.05) is 19.9 Å². The molecule has 1 aromatic rings. The van der Waals surface area contributed by atoms with E-state index in [9.17, 15) is 0 Å². The molecule has 3 nitrogen and oxygen atoms in total. The molecule has 112 valence electrons. The van der Waals surface area contributed by atoms with E-state index in [-0.39, 0.29) is 5.41 Å². The maximum atomic E-state index is 5.64. The Labute approximate surface area is 130 Å². The average molecular weight is 342 g/mol. The molecule has 2 rings (SSSR count). The smallest absolute Gasteiger partial charge is 0.140 e. The molecule has 1 saturated carbocycles. The van der Waals surface area contributed by atoms with Gasteiger partial charge in [-0.15, -0.1) is 0 Å². The number of benzene rings is 1. The van der Waals surface area contributed by atoms with Gasteiger partial charge in [-0.05, 0) is 53.2 Å². The summed E-state index contributed by atoms with van der Waals surface area (Å²) in [7, 11) is 3.40. The number of hydrogen-bond acceptors (Lipinski definition) is 3. The fourth-order valence-corrected chi connectivity index (χ4v) is 3.99. The summed E-state index contributed by atoms with van der Waals surface area (Å²) in [5.74, 6) is 1.72. The molecule has 1 aliphatic rings. The van der Waals surface area contributed by atoms with Gasteiger partial charge in [0.2, 0.25) is 0 Å². The zero-order chi connectivity index (χ0) is 14.8. The molecule has 20 heavy (non-hydrogen) atoms. The van der Waals surface area contributed by atoms with E-state index in [2.05, 4.69) is 41.2 Å². The van der Waals surface area contributed by atoms with E-state index < -0.39 is 0 Å². The second kappa shape index (κ2) is 6.35. The van der Waals surface area contributed by atoms with Gasteiger partial charge >= 0.3 is 0 Å². The molecule has 0 aliphatic heterocycles. The van der Waals surface area contributed by atoms with Crippen LogP contribution in [0.15, 0.2) is 16.6 Å². The summed E-state index contributed by atoms with van der Waals surface area (Å²) < 4.78 is 11.9. The fraction of sp³-hybridized carbons (Fsp3) is 0.625. The minimum Gasteiger partial charge on any atom is -0.495 e. The van der Waals surface area contributed by atoms with E-state index in [1.54, 1.807) is 14.2 Å². The first-order valence-electron chi connectivity index (χ1n) is 7.20. The molecule has 0 amide bonds. The topological polar surface area (TPSA) is 30.5 Å². The first-order chi connectivity index (χ1) is 9.55. The Morgan fingerprint density at radius 1 is 1.35 bits per heavy atom. The van der Waals surface area contributed by atoms with E-state index in [0.29, 0.717) is 6.04 Å². The van der Waals surface area contributed by atoms with E-state index in [1.165, 1.54) is 18.4 Å². The number of ether oxygens (including phenoxy) is 2. The fourth-order valence-electron chi connectivity index (χ4n) is 3.32. The molecule has 1 aromatic carbocycles. The number of hydrogen-bond donors (Lipinski definition) is 1. The van der Waals surface area contributed by atoms with Crippen molar-refractivity contribution in [2.45, 2.75) is 44.6 Å². The van der Waals surface area contributed by atoms with E-state index >= 15 is 0 Å². The third kappa shape index (κ3) is 2.82. The molecule has 1 fully saturated rings. The standard InChI is InChI=1S/C16H24BrNO2/c1-5-18-11-8-9-16(2,10-11)12-6-7-13(19-3)14(17)15(12)20-4/h6-7,11,18H,5,8-10H2,1-4H3. The average Bonchev–Trinajstić information content (AvgIpc) is 2.81. The van der Waals surface area contributed by atoms with Crippen molar-refractivity contribution in [2.75, 3.05) is 20.8 Å². The summed E-state index contributed by atoms with van der Waals surface area (Å²) in [5.41, 5.74) is 1.43. The Kier molecular flexibility index (Phi) is 4.97. The Morgan fingerprint density at radius 2 is 2.10 bits per heavy atom. The van der Waals surface area contributed by atoms with E-state index in [1.807, 2.05) is 6.07 Å². The van der Waals surface area contributed by atoms with Gasteiger partial charge in [0, 0.05) is 11.6 Å². The molecule has 0 aromatic heterocycles. The molecule has 0 saturated heterocycles. The van der Waals surface area contributed by atoms with Crippen LogP contribution in [0.2, 0.25) is 0 Å². The van der Waals surface area contributed by atoms with Crippen LogP contribution >= 0.6 is 15.9 Å². The quantitative estimate of drug-likeness (QED) is 0.881. The Morgan fingerprint density at radius 3 is 2.70 bits per heavy atom. The predicted octanol–water partition coefficient (Wildman–Crippen LogP) is 3.89. The van der Waals surface area contributed by atoms with Gasteiger partial charge in [0.1, 0.15) is 16.0 Å². The highest BCUT2D eigenvalue weighted by Crippen LogP contribution is 2.48. The molecule has 2 atom stereocenters. The second-order valence-electron chi connectivity index (χ2n) is 5.72. The first-order valence-corrected chi connectivity index (χ1v) is 7.99. The third-order valence-corrected chi connectivity index (χ3v) is 5.12. The lowest BCUT2D eigenvalue weighted by Gasteiger charge is -2.28. The largest absolute Gasteiger partial charge is 0.495 e. The van der Waals surface area contributed by atoms with Gasteiger partial charge in [0.15, 0.2) is 0 Å². The van der Waals surface area contributed by atoms with Crippen LogP contribution in [-0.2, 0) is 5.41 Å². The van der Waals surface area contributed by atoms with Crippen LogP contribution in [0, 0.1) is 0 Å². The van der Waals surface area contributed by atoms with Crippen molar-refractivity contribution in [2.24, 2.45) is 0 Å². The Bertz CT molecular complexity index is 478. The second-order valence-corrected chi connectivity index (χ2v) is 6.51. The molecule has 4 heteroatoms. The molecule has 1 N–H and O–H groups in total. The van der Waals surface area contributed by atoms with Gasteiger partial charge in [0.05, 0.1) is 14.2 Å². The Balaban J connectivity index is 2.35. The number of methoxy groups -OCH3 is 2. The van der Waals surface area contributed by atoms with Gasteiger partial charge in [-0.25, -0.2) is 0 Å². The van der Waals surface area contributed by atoms with E-state index in [0.717, 1.165) is 28.9 Å². The summed E-state index contributed by atoms with van der Waals surface area (Å²) in [4.78, 5) is 0. The van der Waals surface area contributed by atoms with Crippen molar-refractivity contribution < 1.29 is 9.47 Å². The molecule has 0 spiro atoms. The summed E-state index contributed by atoms with van der Waals surface area (Å²) in [5, 5.41) is 3.57. The molecular weight excluding hydrogens is 318 g/mol. The van der Waals surface area contributed by atoms with Gasteiger partial charge in [-0.3, -0.25) is 0 Å². The number of rotatable bonds is 5. The van der Waals surface area contributed by atoms with E-state index in [4.69, 9.17) is 9.47 Å². The lowest BCUT2D eigenvalue weighted by Crippen LogP contribution is -2.28. The maximum absolute atomic E-state index is 5.64. The highest BCUT2D eigenvalue weighted by molar-refractivity contribution is 9.10. The van der Waals surface area contributed by atoms with Crippen molar-refractivity contribution in [1.82, 2.24) is 5.32 Å². The van der Waals surface area contributed by atoms with Crippen molar-refractivity contribution >= 4 is 15.9 Å². The van der Waals surface area contributed by atoms with Gasteiger partial charge < -0.3 is 14.8 Å². The summed E-state index contributed by atoms with van der Waals surface area (Å²) in [6, 6.07) is 4.78. The van der Waals surface area contributed by atoms with Crippen molar-refractivity contribution in [1.29, 1.82) is 0 Å². The SMILES string of the molecule is CCNC1CCC(C)(c2ccc(OC)c(Br)c2OC)C1. The molecular formula is C16H24BrNO2. The summed E-state index contributed by atoms with van der Waals surface area (Å²) >= 11 is 3.60. The number of halogens is 1. The molecule has 2 unspecified atom stereocenters.